The molecular weight excluding hydrogens is 494 g/mol. The highest BCUT2D eigenvalue weighted by molar-refractivity contribution is 5.92. The molecule has 1 saturated heterocycles. The number of carbonyl (C=O) groups is 1. The SMILES string of the molecule is Cn1cnnc1C1CCN(Cc2cc(-c3ccccc3)ccc2OCC(=O)Nc2ccc3c(c2)OCO3)CC1. The molecule has 1 fully saturated rings. The number of fused-ring (bicyclic) bond motifs is 1. The van der Waals surface area contributed by atoms with Gasteiger partial charge >= 0.3 is 0 Å². The number of hydrogen-bond donors (Lipinski definition) is 1. The van der Waals surface area contributed by atoms with Crippen molar-refractivity contribution in [1.29, 1.82) is 0 Å². The minimum atomic E-state index is -0.239. The molecule has 6 rings (SSSR count). The van der Waals surface area contributed by atoms with Gasteiger partial charge in [0.1, 0.15) is 17.9 Å². The number of hydrogen-bond acceptors (Lipinski definition) is 7. The molecule has 2 aliphatic rings. The summed E-state index contributed by atoms with van der Waals surface area (Å²) in [5, 5.41) is 11.2. The van der Waals surface area contributed by atoms with Crippen LogP contribution in [-0.2, 0) is 18.4 Å². The van der Waals surface area contributed by atoms with Crippen molar-refractivity contribution in [2.75, 3.05) is 31.8 Å². The first-order chi connectivity index (χ1) is 19.1. The van der Waals surface area contributed by atoms with Crippen LogP contribution in [0.5, 0.6) is 17.2 Å². The highest BCUT2D eigenvalue weighted by Crippen LogP contribution is 2.34. The predicted octanol–water partition coefficient (Wildman–Crippen LogP) is 4.61. The Hall–Kier alpha value is -4.37. The average Bonchev–Trinajstić information content (AvgIpc) is 3.62. The number of benzene rings is 3. The zero-order valence-corrected chi connectivity index (χ0v) is 21.9. The van der Waals surface area contributed by atoms with E-state index in [9.17, 15) is 4.79 Å². The van der Waals surface area contributed by atoms with Gasteiger partial charge in [0.25, 0.3) is 5.91 Å². The molecule has 0 atom stereocenters. The molecule has 200 valence electrons. The Morgan fingerprint density at radius 2 is 1.82 bits per heavy atom. The molecule has 0 spiro atoms. The smallest absolute Gasteiger partial charge is 0.262 e. The fourth-order valence-electron chi connectivity index (χ4n) is 5.22. The monoisotopic (exact) mass is 525 g/mol. The summed E-state index contributed by atoms with van der Waals surface area (Å²) in [6.45, 7) is 2.75. The van der Waals surface area contributed by atoms with Crippen molar-refractivity contribution in [3.05, 3.63) is 84.4 Å². The number of amides is 1. The van der Waals surface area contributed by atoms with Crippen LogP contribution in [0.15, 0.2) is 73.1 Å². The number of piperidine rings is 1. The molecule has 0 unspecified atom stereocenters. The predicted molar refractivity (Wildman–Crippen MR) is 147 cm³/mol. The van der Waals surface area contributed by atoms with Gasteiger partial charge in [-0.2, -0.15) is 0 Å². The molecule has 9 nitrogen and oxygen atoms in total. The first-order valence-electron chi connectivity index (χ1n) is 13.2. The molecule has 0 bridgehead atoms. The summed E-state index contributed by atoms with van der Waals surface area (Å²) in [6, 6.07) is 21.8. The summed E-state index contributed by atoms with van der Waals surface area (Å²) >= 11 is 0. The number of nitrogens with one attached hydrogen (secondary N) is 1. The van der Waals surface area contributed by atoms with Gasteiger partial charge in [-0.1, -0.05) is 36.4 Å². The standard InChI is InChI=1S/C30H31N5O4/c1-34-19-31-33-30(34)22-11-13-35(14-12-22)17-24-15-23(21-5-3-2-4-6-21)7-9-26(24)37-18-29(36)32-25-8-10-27-28(16-25)39-20-38-27/h2-10,15-16,19,22H,11-14,17-18,20H2,1H3,(H,32,36). The van der Waals surface area contributed by atoms with Gasteiger partial charge in [0.15, 0.2) is 18.1 Å². The van der Waals surface area contributed by atoms with Gasteiger partial charge in [-0.25, -0.2) is 0 Å². The number of carbonyl (C=O) groups excluding carboxylic acids is 1. The number of aromatic nitrogens is 3. The first kappa shape index (κ1) is 24.9. The molecule has 1 amide bonds. The van der Waals surface area contributed by atoms with Crippen molar-refractivity contribution < 1.29 is 19.0 Å². The third-order valence-corrected chi connectivity index (χ3v) is 7.28. The number of anilines is 1. The van der Waals surface area contributed by atoms with Gasteiger partial charge in [-0.3, -0.25) is 9.69 Å². The largest absolute Gasteiger partial charge is 0.483 e. The van der Waals surface area contributed by atoms with E-state index in [0.29, 0.717) is 28.9 Å². The maximum Gasteiger partial charge on any atom is 0.262 e. The summed E-state index contributed by atoms with van der Waals surface area (Å²) in [6.07, 6.45) is 3.82. The first-order valence-corrected chi connectivity index (χ1v) is 13.2. The molecule has 39 heavy (non-hydrogen) atoms. The van der Waals surface area contributed by atoms with Gasteiger partial charge < -0.3 is 24.1 Å². The topological polar surface area (TPSA) is 90.7 Å². The van der Waals surface area contributed by atoms with E-state index < -0.39 is 0 Å². The van der Waals surface area contributed by atoms with Gasteiger partial charge in [0, 0.05) is 36.8 Å². The molecule has 0 saturated carbocycles. The number of rotatable bonds is 8. The van der Waals surface area contributed by atoms with Crippen LogP contribution in [0.3, 0.4) is 0 Å². The third kappa shape index (κ3) is 5.73. The quantitative estimate of drug-likeness (QED) is 0.359. The molecule has 0 radical (unpaired) electrons. The van der Waals surface area contributed by atoms with Crippen LogP contribution < -0.4 is 19.5 Å². The zero-order chi connectivity index (χ0) is 26.6. The van der Waals surface area contributed by atoms with Gasteiger partial charge in [-0.15, -0.1) is 10.2 Å². The molecule has 9 heteroatoms. The Morgan fingerprint density at radius 1 is 1.00 bits per heavy atom. The van der Waals surface area contributed by atoms with Crippen LogP contribution >= 0.6 is 0 Å². The molecule has 1 N–H and O–H groups in total. The second kappa shape index (κ2) is 11.2. The Balaban J connectivity index is 1.14. The minimum Gasteiger partial charge on any atom is -0.483 e. The van der Waals surface area contributed by atoms with Crippen LogP contribution in [0.1, 0.15) is 30.1 Å². The lowest BCUT2D eigenvalue weighted by molar-refractivity contribution is -0.118. The zero-order valence-electron chi connectivity index (χ0n) is 21.9. The van der Waals surface area contributed by atoms with Crippen LogP contribution in [0.4, 0.5) is 5.69 Å². The Kier molecular flexibility index (Phi) is 7.14. The lowest BCUT2D eigenvalue weighted by atomic mass is 9.95. The Morgan fingerprint density at radius 3 is 2.62 bits per heavy atom. The van der Waals surface area contributed by atoms with Crippen LogP contribution in [0, 0.1) is 0 Å². The number of ether oxygens (including phenoxy) is 3. The molecule has 3 aromatic carbocycles. The maximum atomic E-state index is 12.7. The van der Waals surface area contributed by atoms with Crippen molar-refractivity contribution >= 4 is 11.6 Å². The normalized spacial score (nSPS) is 15.3. The van der Waals surface area contributed by atoms with E-state index in [0.717, 1.165) is 55.0 Å². The second-order valence-corrected chi connectivity index (χ2v) is 9.94. The van der Waals surface area contributed by atoms with E-state index in [2.05, 4.69) is 38.6 Å². The lowest BCUT2D eigenvalue weighted by Gasteiger charge is -2.31. The third-order valence-electron chi connectivity index (χ3n) is 7.28. The van der Waals surface area contributed by atoms with Crippen molar-refractivity contribution in [3.8, 4) is 28.4 Å². The van der Waals surface area contributed by atoms with Crippen molar-refractivity contribution in [2.45, 2.75) is 25.3 Å². The van der Waals surface area contributed by atoms with Crippen LogP contribution in [0.2, 0.25) is 0 Å². The Labute approximate surface area is 227 Å². The summed E-state index contributed by atoms with van der Waals surface area (Å²) < 4.78 is 18.8. The summed E-state index contributed by atoms with van der Waals surface area (Å²) in [5.74, 6) is 3.24. The fraction of sp³-hybridized carbons (Fsp3) is 0.300. The average molecular weight is 526 g/mol. The highest BCUT2D eigenvalue weighted by atomic mass is 16.7. The van der Waals surface area contributed by atoms with Crippen molar-refractivity contribution in [3.63, 3.8) is 0 Å². The minimum absolute atomic E-state index is 0.0969. The van der Waals surface area contributed by atoms with E-state index in [1.807, 2.05) is 41.9 Å². The molecular formula is C30H31N5O4. The molecule has 3 heterocycles. The van der Waals surface area contributed by atoms with Crippen molar-refractivity contribution in [2.24, 2.45) is 7.05 Å². The van der Waals surface area contributed by atoms with Crippen molar-refractivity contribution in [1.82, 2.24) is 19.7 Å². The van der Waals surface area contributed by atoms with E-state index in [1.54, 1.807) is 24.5 Å². The van der Waals surface area contributed by atoms with Gasteiger partial charge in [0.05, 0.1) is 0 Å². The molecule has 1 aromatic heterocycles. The van der Waals surface area contributed by atoms with Crippen LogP contribution in [-0.4, -0.2) is 52.1 Å². The number of nitrogens with zero attached hydrogens (tertiary/aromatic N) is 4. The lowest BCUT2D eigenvalue weighted by Crippen LogP contribution is -2.33. The van der Waals surface area contributed by atoms with Gasteiger partial charge in [-0.05, 0) is 61.3 Å². The molecule has 2 aliphatic heterocycles. The summed E-state index contributed by atoms with van der Waals surface area (Å²) in [7, 11) is 2.00. The van der Waals surface area contributed by atoms with Crippen LogP contribution in [0.25, 0.3) is 11.1 Å². The molecule has 4 aromatic rings. The molecule has 0 aliphatic carbocycles. The summed E-state index contributed by atoms with van der Waals surface area (Å²) in [5.41, 5.74) is 3.96. The number of likely N-dealkylation sites (tertiary alicyclic amines) is 1. The van der Waals surface area contributed by atoms with E-state index in [1.165, 1.54) is 0 Å². The van der Waals surface area contributed by atoms with E-state index in [-0.39, 0.29) is 19.3 Å². The fourth-order valence-corrected chi connectivity index (χ4v) is 5.22. The van der Waals surface area contributed by atoms with E-state index in [4.69, 9.17) is 14.2 Å². The van der Waals surface area contributed by atoms with E-state index >= 15 is 0 Å². The Bertz CT molecular complexity index is 1450. The van der Waals surface area contributed by atoms with Gasteiger partial charge in [0.2, 0.25) is 6.79 Å². The summed E-state index contributed by atoms with van der Waals surface area (Å²) in [4.78, 5) is 15.2. The maximum absolute atomic E-state index is 12.7. The highest BCUT2D eigenvalue weighted by Gasteiger charge is 2.25. The second-order valence-electron chi connectivity index (χ2n) is 9.94. The number of aryl methyl sites for hydroxylation is 1.